The molecule has 4 heteroatoms. The van der Waals surface area contributed by atoms with Crippen molar-refractivity contribution in [3.05, 3.63) is 12.0 Å². The van der Waals surface area contributed by atoms with E-state index in [9.17, 15) is 0 Å². The predicted octanol–water partition coefficient (Wildman–Crippen LogP) is -0.440. The molecule has 4 nitrogen and oxygen atoms in total. The SMILES string of the molecule is CNC1=CCC(NC)(NC)O1. The Bertz CT molecular complexity index is 163. The molecule has 0 aromatic heterocycles. The summed E-state index contributed by atoms with van der Waals surface area (Å²) in [7, 11) is 5.57. The molecule has 0 amide bonds. The lowest BCUT2D eigenvalue weighted by molar-refractivity contribution is -0.0289. The molecule has 0 aliphatic carbocycles. The molecule has 0 radical (unpaired) electrons. The Morgan fingerprint density at radius 2 is 2.00 bits per heavy atom. The van der Waals surface area contributed by atoms with Gasteiger partial charge in [-0.3, -0.25) is 10.6 Å². The van der Waals surface area contributed by atoms with E-state index in [0.717, 1.165) is 12.3 Å². The molecule has 1 aliphatic heterocycles. The molecule has 0 spiro atoms. The van der Waals surface area contributed by atoms with Crippen molar-refractivity contribution >= 4 is 0 Å². The molecular formula is C7H15N3O. The number of hydrogen-bond donors (Lipinski definition) is 3. The normalized spacial score (nSPS) is 20.8. The Hall–Kier alpha value is -0.740. The van der Waals surface area contributed by atoms with Crippen LogP contribution in [-0.4, -0.2) is 27.0 Å². The molecular weight excluding hydrogens is 142 g/mol. The van der Waals surface area contributed by atoms with Crippen molar-refractivity contribution in [2.45, 2.75) is 12.3 Å². The summed E-state index contributed by atoms with van der Waals surface area (Å²) in [5.74, 6) is 0.409. The molecule has 1 aliphatic rings. The van der Waals surface area contributed by atoms with E-state index in [1.807, 2.05) is 27.2 Å². The maximum atomic E-state index is 5.52. The van der Waals surface area contributed by atoms with Crippen molar-refractivity contribution in [3.63, 3.8) is 0 Å². The molecule has 0 saturated heterocycles. The monoisotopic (exact) mass is 157 g/mol. The molecule has 0 aromatic carbocycles. The predicted molar refractivity (Wildman–Crippen MR) is 43.7 cm³/mol. The van der Waals surface area contributed by atoms with E-state index >= 15 is 0 Å². The van der Waals surface area contributed by atoms with E-state index in [1.54, 1.807) is 0 Å². The highest BCUT2D eigenvalue weighted by atomic mass is 16.5. The highest BCUT2D eigenvalue weighted by Crippen LogP contribution is 2.20. The number of ether oxygens (including phenoxy) is 1. The fraction of sp³-hybridized carbons (Fsp3) is 0.714. The standard InChI is InChI=1S/C7H15N3O/c1-8-6-4-5-7(9-2,10-3)11-6/h4,8-10H,5H2,1-3H3. The molecule has 1 heterocycles. The van der Waals surface area contributed by atoms with Gasteiger partial charge in [0.05, 0.1) is 0 Å². The maximum absolute atomic E-state index is 5.52. The lowest BCUT2D eigenvalue weighted by Gasteiger charge is -2.28. The number of hydrogen-bond acceptors (Lipinski definition) is 4. The van der Waals surface area contributed by atoms with E-state index in [0.29, 0.717) is 0 Å². The van der Waals surface area contributed by atoms with Crippen molar-refractivity contribution in [2.24, 2.45) is 0 Å². The van der Waals surface area contributed by atoms with Gasteiger partial charge in [0, 0.05) is 13.5 Å². The van der Waals surface area contributed by atoms with Crippen LogP contribution in [0.15, 0.2) is 12.0 Å². The Morgan fingerprint density at radius 3 is 2.27 bits per heavy atom. The van der Waals surface area contributed by atoms with Gasteiger partial charge < -0.3 is 10.1 Å². The van der Waals surface area contributed by atoms with Crippen molar-refractivity contribution in [2.75, 3.05) is 21.1 Å². The Kier molecular flexibility index (Phi) is 2.36. The molecule has 0 saturated carbocycles. The molecule has 1 rings (SSSR count). The summed E-state index contributed by atoms with van der Waals surface area (Å²) in [5.41, 5.74) is 0. The van der Waals surface area contributed by atoms with Crippen LogP contribution >= 0.6 is 0 Å². The first-order chi connectivity index (χ1) is 5.26. The third kappa shape index (κ3) is 1.46. The van der Waals surface area contributed by atoms with E-state index in [1.165, 1.54) is 0 Å². The third-order valence-electron chi connectivity index (χ3n) is 1.91. The summed E-state index contributed by atoms with van der Waals surface area (Å²) in [4.78, 5) is 0. The van der Waals surface area contributed by atoms with Gasteiger partial charge in [-0.2, -0.15) is 0 Å². The van der Waals surface area contributed by atoms with Gasteiger partial charge in [0.1, 0.15) is 0 Å². The Labute approximate surface area is 67.0 Å². The van der Waals surface area contributed by atoms with E-state index in [2.05, 4.69) is 16.0 Å². The lowest BCUT2D eigenvalue weighted by atomic mass is 10.3. The minimum Gasteiger partial charge on any atom is -0.445 e. The molecule has 0 unspecified atom stereocenters. The van der Waals surface area contributed by atoms with Crippen LogP contribution in [0.4, 0.5) is 0 Å². The second-order valence-corrected chi connectivity index (χ2v) is 2.45. The van der Waals surface area contributed by atoms with E-state index in [4.69, 9.17) is 4.74 Å². The Morgan fingerprint density at radius 1 is 1.36 bits per heavy atom. The quantitative estimate of drug-likeness (QED) is 0.486. The summed E-state index contributed by atoms with van der Waals surface area (Å²) in [6, 6.07) is 0. The van der Waals surface area contributed by atoms with Crippen LogP contribution in [-0.2, 0) is 4.74 Å². The van der Waals surface area contributed by atoms with Crippen molar-refractivity contribution < 1.29 is 4.74 Å². The van der Waals surface area contributed by atoms with Crippen LogP contribution in [0.1, 0.15) is 6.42 Å². The summed E-state index contributed by atoms with van der Waals surface area (Å²) < 4.78 is 5.52. The summed E-state index contributed by atoms with van der Waals surface area (Å²) in [6.45, 7) is 0. The highest BCUT2D eigenvalue weighted by Gasteiger charge is 2.32. The molecule has 0 bridgehead atoms. The smallest absolute Gasteiger partial charge is 0.222 e. The average Bonchev–Trinajstić information content (AvgIpc) is 2.49. The van der Waals surface area contributed by atoms with Crippen molar-refractivity contribution in [3.8, 4) is 0 Å². The van der Waals surface area contributed by atoms with Gasteiger partial charge in [0.2, 0.25) is 5.85 Å². The summed E-state index contributed by atoms with van der Waals surface area (Å²) >= 11 is 0. The number of nitrogens with one attached hydrogen (secondary N) is 3. The van der Waals surface area contributed by atoms with Crippen LogP contribution in [0.3, 0.4) is 0 Å². The van der Waals surface area contributed by atoms with Crippen LogP contribution < -0.4 is 16.0 Å². The topological polar surface area (TPSA) is 45.3 Å². The van der Waals surface area contributed by atoms with E-state index < -0.39 is 5.85 Å². The zero-order valence-electron chi connectivity index (χ0n) is 7.19. The first-order valence-corrected chi connectivity index (χ1v) is 3.71. The third-order valence-corrected chi connectivity index (χ3v) is 1.91. The molecule has 0 aromatic rings. The van der Waals surface area contributed by atoms with Crippen molar-refractivity contribution in [1.82, 2.24) is 16.0 Å². The van der Waals surface area contributed by atoms with Gasteiger partial charge in [-0.15, -0.1) is 0 Å². The average molecular weight is 157 g/mol. The summed E-state index contributed by atoms with van der Waals surface area (Å²) in [5, 5.41) is 9.08. The maximum Gasteiger partial charge on any atom is 0.222 e. The van der Waals surface area contributed by atoms with Gasteiger partial charge in [-0.05, 0) is 20.2 Å². The highest BCUT2D eigenvalue weighted by molar-refractivity contribution is 5.03. The fourth-order valence-electron chi connectivity index (χ4n) is 1.09. The Balaban J connectivity index is 2.54. The van der Waals surface area contributed by atoms with Gasteiger partial charge in [-0.1, -0.05) is 0 Å². The summed E-state index contributed by atoms with van der Waals surface area (Å²) in [6.07, 6.45) is 2.84. The van der Waals surface area contributed by atoms with Gasteiger partial charge >= 0.3 is 0 Å². The second-order valence-electron chi connectivity index (χ2n) is 2.45. The lowest BCUT2D eigenvalue weighted by Crippen LogP contribution is -2.54. The molecule has 11 heavy (non-hydrogen) atoms. The van der Waals surface area contributed by atoms with Crippen LogP contribution in [0.2, 0.25) is 0 Å². The minimum absolute atomic E-state index is 0.404. The number of rotatable bonds is 3. The first kappa shape index (κ1) is 8.36. The van der Waals surface area contributed by atoms with Crippen molar-refractivity contribution in [1.29, 1.82) is 0 Å². The molecule has 64 valence electrons. The zero-order chi connectivity index (χ0) is 8.32. The van der Waals surface area contributed by atoms with Gasteiger partial charge in [0.15, 0.2) is 5.88 Å². The zero-order valence-corrected chi connectivity index (χ0v) is 7.19. The fourth-order valence-corrected chi connectivity index (χ4v) is 1.09. The largest absolute Gasteiger partial charge is 0.445 e. The molecule has 3 N–H and O–H groups in total. The first-order valence-electron chi connectivity index (χ1n) is 3.71. The van der Waals surface area contributed by atoms with Gasteiger partial charge in [-0.25, -0.2) is 0 Å². The van der Waals surface area contributed by atoms with Crippen LogP contribution in [0, 0.1) is 0 Å². The minimum atomic E-state index is -0.404. The van der Waals surface area contributed by atoms with Crippen LogP contribution in [0.5, 0.6) is 0 Å². The molecule has 0 atom stereocenters. The van der Waals surface area contributed by atoms with Gasteiger partial charge in [0.25, 0.3) is 0 Å². The van der Waals surface area contributed by atoms with Crippen LogP contribution in [0.25, 0.3) is 0 Å². The second kappa shape index (κ2) is 3.11. The molecule has 0 fully saturated rings. The van der Waals surface area contributed by atoms with E-state index in [-0.39, 0.29) is 0 Å².